The first kappa shape index (κ1) is 26.7. The third-order valence-corrected chi connectivity index (χ3v) is 8.55. The lowest BCUT2D eigenvalue weighted by Gasteiger charge is -2.46. The average Bonchev–Trinajstić information content (AvgIpc) is 3.47. The van der Waals surface area contributed by atoms with Gasteiger partial charge in [-0.2, -0.15) is 0 Å². The van der Waals surface area contributed by atoms with Crippen molar-refractivity contribution in [2.45, 2.75) is 43.6 Å². The number of anilines is 1. The molecule has 1 saturated heterocycles. The summed E-state index contributed by atoms with van der Waals surface area (Å²) in [5.74, 6) is 0.00219. The number of aromatic nitrogens is 3. The van der Waals surface area contributed by atoms with Crippen LogP contribution in [-0.4, -0.2) is 59.7 Å². The third kappa shape index (κ3) is 4.82. The third-order valence-electron chi connectivity index (χ3n) is 8.55. The number of morpholine rings is 1. The number of terminal acetylenes is 1. The van der Waals surface area contributed by atoms with Crippen molar-refractivity contribution >= 4 is 19.4 Å². The van der Waals surface area contributed by atoms with Crippen molar-refractivity contribution in [1.29, 1.82) is 0 Å². The molecule has 2 fully saturated rings. The highest BCUT2D eigenvalue weighted by atomic mass is 19.3. The van der Waals surface area contributed by atoms with E-state index >= 15 is 0 Å². The lowest BCUT2D eigenvalue weighted by atomic mass is 9.57. The number of hydrogen-bond acceptors (Lipinski definition) is 5. The fourth-order valence-electron chi connectivity index (χ4n) is 6.34. The monoisotopic (exact) mass is 541 g/mol. The summed E-state index contributed by atoms with van der Waals surface area (Å²) >= 11 is 0. The lowest BCUT2D eigenvalue weighted by Crippen LogP contribution is -2.43. The summed E-state index contributed by atoms with van der Waals surface area (Å²) in [6, 6.07) is 11.0. The van der Waals surface area contributed by atoms with Gasteiger partial charge < -0.3 is 14.2 Å². The molecule has 3 aliphatic rings. The summed E-state index contributed by atoms with van der Waals surface area (Å²) in [7, 11) is 7.26. The molecule has 2 aromatic carbocycles. The van der Waals surface area contributed by atoms with Gasteiger partial charge in [0.25, 0.3) is 5.91 Å². The largest absolute Gasteiger partial charge is 0.379 e. The van der Waals surface area contributed by atoms with Gasteiger partial charge in [0.1, 0.15) is 12.2 Å². The van der Waals surface area contributed by atoms with Crippen LogP contribution in [0.1, 0.15) is 51.3 Å². The van der Waals surface area contributed by atoms with E-state index < -0.39 is 5.82 Å². The Balaban J connectivity index is 1.32. The van der Waals surface area contributed by atoms with Gasteiger partial charge in [0, 0.05) is 61.2 Å². The summed E-state index contributed by atoms with van der Waals surface area (Å²) in [5.41, 5.74) is 2.35. The number of hydrogen-bond donors (Lipinski definition) is 0. The zero-order valence-corrected chi connectivity index (χ0v) is 22.4. The Bertz CT molecular complexity index is 1480. The van der Waals surface area contributed by atoms with Gasteiger partial charge in [-0.1, -0.05) is 12.1 Å². The number of aryl methyl sites for hydroxylation is 1. The van der Waals surface area contributed by atoms with Crippen LogP contribution in [-0.2, 0) is 42.5 Å². The molecule has 0 unspecified atom stereocenters. The zero-order valence-electron chi connectivity index (χ0n) is 22.4. The summed E-state index contributed by atoms with van der Waals surface area (Å²) in [4.78, 5) is 17.4. The molecule has 2 radical (unpaired) electrons. The highest BCUT2D eigenvalue weighted by molar-refractivity contribution is 6.15. The normalized spacial score (nSPS) is 23.1. The Morgan fingerprint density at radius 3 is 2.67 bits per heavy atom. The second-order valence-electron chi connectivity index (χ2n) is 11.2. The van der Waals surface area contributed by atoms with Gasteiger partial charge in [0.2, 0.25) is 5.82 Å². The maximum Gasteiger partial charge on any atom is 0.258 e. The summed E-state index contributed by atoms with van der Waals surface area (Å²) in [5, 5.41) is 8.31. The van der Waals surface area contributed by atoms with Crippen LogP contribution in [0.3, 0.4) is 0 Å². The SMILES string of the molecule is [B]C(F)(F)c1cc(CN2CCOCC2)cc2c1CN(c1cccc(C3(Cc4nncn4C)CC(C#C)C3)c1)C2=O. The van der Waals surface area contributed by atoms with E-state index in [-0.39, 0.29) is 40.5 Å². The first-order valence-corrected chi connectivity index (χ1v) is 13.5. The first-order chi connectivity index (χ1) is 19.2. The van der Waals surface area contributed by atoms with E-state index in [1.54, 1.807) is 17.3 Å². The van der Waals surface area contributed by atoms with Gasteiger partial charge in [0.05, 0.1) is 19.8 Å². The van der Waals surface area contributed by atoms with Crippen LogP contribution in [0.4, 0.5) is 14.5 Å². The minimum Gasteiger partial charge on any atom is -0.379 e. The number of halogens is 2. The van der Waals surface area contributed by atoms with Gasteiger partial charge in [-0.15, -0.1) is 22.5 Å². The predicted molar refractivity (Wildman–Crippen MR) is 147 cm³/mol. The van der Waals surface area contributed by atoms with Crippen LogP contribution in [0.5, 0.6) is 0 Å². The molecule has 40 heavy (non-hydrogen) atoms. The number of carbonyl (C=O) groups excluding carboxylic acids is 1. The highest BCUT2D eigenvalue weighted by Crippen LogP contribution is 2.50. The van der Waals surface area contributed by atoms with Crippen LogP contribution >= 0.6 is 0 Å². The standard InChI is InChI=1S/C30H30BF2N5O2/c1-3-20-14-29(15-20,16-27-35-34-19-36(27)2)22-5-4-6-23(13-22)38-18-25-24(28(38)39)11-21(12-26(25)30(31,32)33)17-37-7-9-40-10-8-37/h1,4-6,11-13,19-20H,7-10,14-18H2,2H3. The van der Waals surface area contributed by atoms with E-state index in [4.69, 9.17) is 19.0 Å². The maximum atomic E-state index is 14.7. The predicted octanol–water partition coefficient (Wildman–Crippen LogP) is 3.55. The van der Waals surface area contributed by atoms with Crippen LogP contribution in [0.2, 0.25) is 0 Å². The summed E-state index contributed by atoms with van der Waals surface area (Å²) < 4.78 is 36.6. The van der Waals surface area contributed by atoms with E-state index in [9.17, 15) is 13.6 Å². The smallest absolute Gasteiger partial charge is 0.258 e. The molecule has 0 spiro atoms. The number of amides is 1. The van der Waals surface area contributed by atoms with Crippen LogP contribution in [0, 0.1) is 18.3 Å². The van der Waals surface area contributed by atoms with E-state index in [0.29, 0.717) is 50.5 Å². The molecular formula is C30H30BF2N5O2. The van der Waals surface area contributed by atoms with Crippen LogP contribution < -0.4 is 4.90 Å². The van der Waals surface area contributed by atoms with Crippen molar-refractivity contribution in [3.05, 3.63) is 76.4 Å². The van der Waals surface area contributed by atoms with Crippen LogP contribution in [0.25, 0.3) is 0 Å². The minimum atomic E-state index is -3.57. The van der Waals surface area contributed by atoms with Gasteiger partial charge in [-0.05, 0) is 53.8 Å². The Kier molecular flexibility index (Phi) is 6.75. The Labute approximate surface area is 233 Å². The van der Waals surface area contributed by atoms with Crippen molar-refractivity contribution < 1.29 is 18.3 Å². The molecule has 6 rings (SSSR count). The molecule has 2 aliphatic heterocycles. The second-order valence-corrected chi connectivity index (χ2v) is 11.2. The van der Waals surface area contributed by atoms with Crippen molar-refractivity contribution in [3.63, 3.8) is 0 Å². The van der Waals surface area contributed by atoms with E-state index in [1.165, 1.54) is 6.07 Å². The van der Waals surface area contributed by atoms with Crippen LogP contribution in [0.15, 0.2) is 42.7 Å². The fourth-order valence-corrected chi connectivity index (χ4v) is 6.34. The average molecular weight is 541 g/mol. The molecule has 3 heterocycles. The number of rotatable bonds is 7. The number of carbonyl (C=O) groups is 1. The number of alkyl halides is 2. The molecule has 10 heteroatoms. The first-order valence-electron chi connectivity index (χ1n) is 13.5. The second kappa shape index (κ2) is 10.1. The quantitative estimate of drug-likeness (QED) is 0.338. The molecule has 1 aliphatic carbocycles. The van der Waals surface area contributed by atoms with E-state index in [0.717, 1.165) is 24.2 Å². The lowest BCUT2D eigenvalue weighted by molar-refractivity contribution is 0.0340. The molecule has 1 aromatic heterocycles. The zero-order chi connectivity index (χ0) is 28.1. The molecule has 3 aromatic rings. The Morgan fingerprint density at radius 2 is 2.00 bits per heavy atom. The number of ether oxygens (including phenoxy) is 1. The van der Waals surface area contributed by atoms with Crippen molar-refractivity contribution in [1.82, 2.24) is 19.7 Å². The molecule has 1 amide bonds. The van der Waals surface area contributed by atoms with E-state index in [2.05, 4.69) is 21.0 Å². The number of fused-ring (bicyclic) bond motifs is 1. The fraction of sp³-hybridized carbons (Fsp3) is 0.433. The van der Waals surface area contributed by atoms with Gasteiger partial charge in [-0.3, -0.25) is 9.69 Å². The molecule has 7 nitrogen and oxygen atoms in total. The maximum absolute atomic E-state index is 14.7. The van der Waals surface area contributed by atoms with E-state index in [1.807, 2.05) is 35.9 Å². The molecule has 0 bridgehead atoms. The number of benzene rings is 2. The van der Waals surface area contributed by atoms with Crippen molar-refractivity contribution in [2.24, 2.45) is 13.0 Å². The van der Waals surface area contributed by atoms with Gasteiger partial charge in [-0.25, -0.2) is 8.78 Å². The molecule has 0 atom stereocenters. The number of nitrogens with zero attached hydrogens (tertiary/aromatic N) is 5. The van der Waals surface area contributed by atoms with Gasteiger partial charge in [0.15, 0.2) is 7.85 Å². The van der Waals surface area contributed by atoms with Crippen molar-refractivity contribution in [3.8, 4) is 12.3 Å². The topological polar surface area (TPSA) is 63.5 Å². The Hall–Kier alpha value is -3.55. The Morgan fingerprint density at radius 1 is 1.23 bits per heavy atom. The minimum absolute atomic E-state index is 0.0286. The summed E-state index contributed by atoms with van der Waals surface area (Å²) in [6.45, 7) is 3.07. The molecule has 204 valence electrons. The summed E-state index contributed by atoms with van der Waals surface area (Å²) in [6.07, 6.45) is 9.66. The van der Waals surface area contributed by atoms with Crippen molar-refractivity contribution in [2.75, 3.05) is 31.2 Å². The van der Waals surface area contributed by atoms with Gasteiger partial charge >= 0.3 is 0 Å². The highest BCUT2D eigenvalue weighted by Gasteiger charge is 2.46. The molecule has 1 saturated carbocycles. The molecular weight excluding hydrogens is 511 g/mol. The molecule has 0 N–H and O–H groups in total.